The van der Waals surface area contributed by atoms with Crippen LogP contribution in [0.4, 0.5) is 0 Å². The SMILES string of the molecule is CCCc1noc(C(C)Sc2nc3sc4c(c3c(=O)n2CC)CCC(C)C4)n1. The highest BCUT2D eigenvalue weighted by atomic mass is 32.2. The van der Waals surface area contributed by atoms with Gasteiger partial charge in [0.05, 0.1) is 10.6 Å². The zero-order valence-corrected chi connectivity index (χ0v) is 18.5. The third kappa shape index (κ3) is 3.52. The van der Waals surface area contributed by atoms with Gasteiger partial charge in [0.2, 0.25) is 5.89 Å². The lowest BCUT2D eigenvalue weighted by molar-refractivity contribution is 0.374. The second-order valence-corrected chi connectivity index (χ2v) is 9.93. The van der Waals surface area contributed by atoms with Crippen LogP contribution in [-0.2, 0) is 25.8 Å². The van der Waals surface area contributed by atoms with Crippen molar-refractivity contribution in [1.29, 1.82) is 0 Å². The molecule has 2 atom stereocenters. The quantitative estimate of drug-likeness (QED) is 0.423. The van der Waals surface area contributed by atoms with E-state index in [-0.39, 0.29) is 10.8 Å². The maximum atomic E-state index is 13.3. The van der Waals surface area contributed by atoms with E-state index in [0.29, 0.717) is 18.4 Å². The topological polar surface area (TPSA) is 73.8 Å². The second-order valence-electron chi connectivity index (χ2n) is 7.53. The second kappa shape index (κ2) is 7.99. The molecule has 1 aliphatic carbocycles. The Balaban J connectivity index is 1.71. The molecule has 0 spiro atoms. The van der Waals surface area contributed by atoms with Gasteiger partial charge in [-0.2, -0.15) is 4.98 Å². The molecule has 3 aromatic rings. The van der Waals surface area contributed by atoms with Gasteiger partial charge in [-0.15, -0.1) is 11.3 Å². The van der Waals surface area contributed by atoms with Crippen molar-refractivity contribution < 1.29 is 4.52 Å². The maximum Gasteiger partial charge on any atom is 0.263 e. The molecular weight excluding hydrogens is 392 g/mol. The molecule has 0 saturated heterocycles. The standard InChI is InChI=1S/C20H26N4O2S2/c1-5-7-15-21-17(26-23-15)12(4)27-20-22-18-16(19(25)24(20)6-2)13-9-8-11(3)10-14(13)28-18/h11-12H,5-10H2,1-4H3. The van der Waals surface area contributed by atoms with Crippen molar-refractivity contribution in [3.05, 3.63) is 32.5 Å². The molecule has 28 heavy (non-hydrogen) atoms. The number of rotatable bonds is 6. The maximum absolute atomic E-state index is 13.3. The predicted octanol–water partition coefficient (Wildman–Crippen LogP) is 4.79. The van der Waals surface area contributed by atoms with E-state index in [9.17, 15) is 4.79 Å². The summed E-state index contributed by atoms with van der Waals surface area (Å²) in [5.41, 5.74) is 1.33. The molecule has 8 heteroatoms. The first-order valence-electron chi connectivity index (χ1n) is 10.1. The van der Waals surface area contributed by atoms with E-state index in [1.165, 1.54) is 22.2 Å². The Morgan fingerprint density at radius 3 is 2.93 bits per heavy atom. The molecule has 0 radical (unpaired) electrons. The molecule has 2 unspecified atom stereocenters. The van der Waals surface area contributed by atoms with Gasteiger partial charge in [-0.25, -0.2) is 4.98 Å². The molecule has 3 aromatic heterocycles. The molecule has 6 nitrogen and oxygen atoms in total. The Morgan fingerprint density at radius 1 is 1.36 bits per heavy atom. The fraction of sp³-hybridized carbons (Fsp3) is 0.600. The zero-order chi connectivity index (χ0) is 19.8. The zero-order valence-electron chi connectivity index (χ0n) is 16.8. The van der Waals surface area contributed by atoms with E-state index in [2.05, 4.69) is 24.0 Å². The average Bonchev–Trinajstić information content (AvgIpc) is 3.26. The molecule has 4 rings (SSSR count). The van der Waals surface area contributed by atoms with E-state index in [4.69, 9.17) is 9.51 Å². The van der Waals surface area contributed by atoms with Gasteiger partial charge < -0.3 is 4.52 Å². The third-order valence-electron chi connectivity index (χ3n) is 5.28. The summed E-state index contributed by atoms with van der Waals surface area (Å²) in [5.74, 6) is 2.00. The molecule has 0 fully saturated rings. The number of fused-ring (bicyclic) bond motifs is 3. The lowest BCUT2D eigenvalue weighted by Crippen LogP contribution is -2.23. The smallest absolute Gasteiger partial charge is 0.263 e. The Hall–Kier alpha value is -1.67. The minimum Gasteiger partial charge on any atom is -0.338 e. The van der Waals surface area contributed by atoms with Gasteiger partial charge in [-0.05, 0) is 51.0 Å². The molecule has 150 valence electrons. The molecule has 0 aromatic carbocycles. The molecule has 0 amide bonds. The van der Waals surface area contributed by atoms with E-state index >= 15 is 0 Å². The summed E-state index contributed by atoms with van der Waals surface area (Å²) < 4.78 is 7.22. The molecule has 0 aliphatic heterocycles. The van der Waals surface area contributed by atoms with Gasteiger partial charge in [0.15, 0.2) is 11.0 Å². The monoisotopic (exact) mass is 418 g/mol. The largest absolute Gasteiger partial charge is 0.338 e. The van der Waals surface area contributed by atoms with Gasteiger partial charge in [-0.3, -0.25) is 9.36 Å². The van der Waals surface area contributed by atoms with Gasteiger partial charge in [0.25, 0.3) is 5.56 Å². The molecular formula is C20H26N4O2S2. The number of hydrogen-bond donors (Lipinski definition) is 0. The van der Waals surface area contributed by atoms with Crippen LogP contribution < -0.4 is 5.56 Å². The average molecular weight is 419 g/mol. The lowest BCUT2D eigenvalue weighted by Gasteiger charge is -2.17. The Bertz CT molecular complexity index is 1050. The number of aryl methyl sites for hydroxylation is 2. The Morgan fingerprint density at radius 2 is 2.18 bits per heavy atom. The molecule has 0 saturated carbocycles. The van der Waals surface area contributed by atoms with Crippen molar-refractivity contribution in [1.82, 2.24) is 19.7 Å². The Labute approximate surface area is 172 Å². The van der Waals surface area contributed by atoms with Crippen molar-refractivity contribution in [2.75, 3.05) is 0 Å². The van der Waals surface area contributed by atoms with Crippen molar-refractivity contribution in [2.24, 2.45) is 5.92 Å². The van der Waals surface area contributed by atoms with E-state index in [1.54, 1.807) is 15.9 Å². The van der Waals surface area contributed by atoms with Crippen LogP contribution in [0.15, 0.2) is 14.5 Å². The fourth-order valence-electron chi connectivity index (χ4n) is 3.74. The van der Waals surface area contributed by atoms with Crippen LogP contribution in [0.5, 0.6) is 0 Å². The van der Waals surface area contributed by atoms with Gasteiger partial charge in [0, 0.05) is 17.8 Å². The van der Waals surface area contributed by atoms with Crippen molar-refractivity contribution >= 4 is 33.3 Å². The van der Waals surface area contributed by atoms with Crippen molar-refractivity contribution in [3.63, 3.8) is 0 Å². The van der Waals surface area contributed by atoms with Gasteiger partial charge in [-0.1, -0.05) is 30.8 Å². The molecule has 0 N–H and O–H groups in total. The van der Waals surface area contributed by atoms with Crippen LogP contribution in [-0.4, -0.2) is 19.7 Å². The molecule has 0 bridgehead atoms. The summed E-state index contributed by atoms with van der Waals surface area (Å²) in [7, 11) is 0. The highest BCUT2D eigenvalue weighted by Gasteiger charge is 2.25. The number of hydrogen-bond acceptors (Lipinski definition) is 7. The summed E-state index contributed by atoms with van der Waals surface area (Å²) >= 11 is 3.21. The van der Waals surface area contributed by atoms with Gasteiger partial charge >= 0.3 is 0 Å². The first kappa shape index (κ1) is 19.6. The number of aromatic nitrogens is 4. The number of nitrogens with zero attached hydrogens (tertiary/aromatic N) is 4. The third-order valence-corrected chi connectivity index (χ3v) is 7.51. The normalized spacial score (nSPS) is 17.8. The minimum atomic E-state index is -0.0603. The van der Waals surface area contributed by atoms with Gasteiger partial charge in [0.1, 0.15) is 4.83 Å². The predicted molar refractivity (Wildman–Crippen MR) is 113 cm³/mol. The molecule has 3 heterocycles. The van der Waals surface area contributed by atoms with Crippen LogP contribution in [0.25, 0.3) is 10.2 Å². The van der Waals surface area contributed by atoms with E-state index < -0.39 is 0 Å². The fourth-order valence-corrected chi connectivity index (χ4v) is 6.17. The van der Waals surface area contributed by atoms with Crippen molar-refractivity contribution in [3.8, 4) is 0 Å². The highest BCUT2D eigenvalue weighted by molar-refractivity contribution is 7.99. The highest BCUT2D eigenvalue weighted by Crippen LogP contribution is 2.38. The molecule has 1 aliphatic rings. The number of thioether (sulfide) groups is 1. The van der Waals surface area contributed by atoms with Crippen LogP contribution in [0, 0.1) is 5.92 Å². The summed E-state index contributed by atoms with van der Waals surface area (Å²) in [6, 6.07) is 0. The summed E-state index contributed by atoms with van der Waals surface area (Å²) in [6.45, 7) is 8.99. The van der Waals surface area contributed by atoms with E-state index in [0.717, 1.165) is 53.3 Å². The number of thiophene rings is 1. The van der Waals surface area contributed by atoms with Crippen LogP contribution in [0.1, 0.15) is 67.9 Å². The van der Waals surface area contributed by atoms with Crippen LogP contribution >= 0.6 is 23.1 Å². The van der Waals surface area contributed by atoms with Crippen molar-refractivity contribution in [2.45, 2.75) is 76.8 Å². The van der Waals surface area contributed by atoms with Crippen LogP contribution in [0.3, 0.4) is 0 Å². The summed E-state index contributed by atoms with van der Waals surface area (Å²) in [4.78, 5) is 24.9. The summed E-state index contributed by atoms with van der Waals surface area (Å²) in [6.07, 6.45) is 4.99. The minimum absolute atomic E-state index is 0.0603. The Kier molecular flexibility index (Phi) is 5.60. The lowest BCUT2D eigenvalue weighted by atomic mass is 9.89. The summed E-state index contributed by atoms with van der Waals surface area (Å²) in [5, 5.41) is 5.56. The first-order valence-corrected chi connectivity index (χ1v) is 11.8. The van der Waals surface area contributed by atoms with E-state index in [1.807, 2.05) is 13.8 Å². The van der Waals surface area contributed by atoms with Crippen LogP contribution in [0.2, 0.25) is 0 Å². The first-order chi connectivity index (χ1) is 13.5.